The highest BCUT2D eigenvalue weighted by atomic mass is 16.7. The predicted molar refractivity (Wildman–Crippen MR) is 115 cm³/mol. The number of ketones is 1. The third kappa shape index (κ3) is 2.10. The van der Waals surface area contributed by atoms with Gasteiger partial charge in [-0.2, -0.15) is 0 Å². The van der Waals surface area contributed by atoms with Crippen LogP contribution in [0.25, 0.3) is 0 Å². The van der Waals surface area contributed by atoms with Crippen LogP contribution in [0.3, 0.4) is 0 Å². The first-order valence-electron chi connectivity index (χ1n) is 11.6. The number of rotatable bonds is 2. The van der Waals surface area contributed by atoms with Crippen LogP contribution in [-0.4, -0.2) is 92.1 Å². The van der Waals surface area contributed by atoms with E-state index < -0.39 is 34.7 Å². The van der Waals surface area contributed by atoms with Gasteiger partial charge in [0, 0.05) is 24.9 Å². The third-order valence-corrected chi connectivity index (χ3v) is 9.29. The number of hydrogen-bond donors (Lipinski definition) is 1. The Balaban J connectivity index is 1.54. The summed E-state index contributed by atoms with van der Waals surface area (Å²) in [5.74, 6) is 0.464. The molecule has 9 nitrogen and oxygen atoms in total. The molecule has 7 atom stereocenters. The lowest BCUT2D eigenvalue weighted by atomic mass is 9.52. The van der Waals surface area contributed by atoms with E-state index in [2.05, 4.69) is 4.90 Å². The number of epoxide rings is 1. The van der Waals surface area contributed by atoms with Gasteiger partial charge < -0.3 is 33.9 Å². The Kier molecular flexibility index (Phi) is 3.72. The minimum absolute atomic E-state index is 0.00577. The molecule has 1 aromatic rings. The van der Waals surface area contributed by atoms with Gasteiger partial charge in [-0.3, -0.25) is 9.59 Å². The maximum absolute atomic E-state index is 14.2. The van der Waals surface area contributed by atoms with Crippen LogP contribution in [0.1, 0.15) is 24.8 Å². The first kappa shape index (κ1) is 20.2. The Labute approximate surface area is 191 Å². The summed E-state index contributed by atoms with van der Waals surface area (Å²) in [7, 11) is 5.13. The smallest absolute Gasteiger partial charge is 0.229 e. The van der Waals surface area contributed by atoms with Gasteiger partial charge in [-0.15, -0.1) is 0 Å². The van der Waals surface area contributed by atoms with E-state index in [1.807, 2.05) is 13.1 Å². The van der Waals surface area contributed by atoms with E-state index in [0.717, 1.165) is 5.56 Å². The van der Waals surface area contributed by atoms with E-state index in [0.29, 0.717) is 43.3 Å². The first-order valence-corrected chi connectivity index (χ1v) is 11.6. The number of amides is 1. The number of aliphatic hydroxyl groups is 1. The van der Waals surface area contributed by atoms with E-state index in [-0.39, 0.29) is 30.6 Å². The molecule has 6 aliphatic rings. The van der Waals surface area contributed by atoms with Gasteiger partial charge in [-0.05, 0) is 31.6 Å². The molecule has 9 heteroatoms. The number of ether oxygens (including phenoxy) is 4. The normalized spacial score (nSPS) is 44.9. The molecular formula is C24H28N2O7. The molecule has 5 aliphatic heterocycles. The summed E-state index contributed by atoms with van der Waals surface area (Å²) in [5, 5.41) is 12.4. The molecular weight excluding hydrogens is 428 g/mol. The predicted octanol–water partition coefficient (Wildman–Crippen LogP) is 0.253. The van der Waals surface area contributed by atoms with Crippen molar-refractivity contribution in [3.05, 3.63) is 17.7 Å². The molecule has 176 valence electrons. The number of methoxy groups -OCH3 is 2. The second kappa shape index (κ2) is 6.07. The summed E-state index contributed by atoms with van der Waals surface area (Å²) in [5.41, 5.74) is -1.75. The largest absolute Gasteiger partial charge is 0.493 e. The van der Waals surface area contributed by atoms with E-state index in [4.69, 9.17) is 18.9 Å². The van der Waals surface area contributed by atoms with E-state index in [1.165, 1.54) is 0 Å². The summed E-state index contributed by atoms with van der Waals surface area (Å²) >= 11 is 0. The Morgan fingerprint density at radius 3 is 2.70 bits per heavy atom. The fourth-order valence-electron chi connectivity index (χ4n) is 7.84. The average Bonchev–Trinajstić information content (AvgIpc) is 3.42. The fourth-order valence-corrected chi connectivity index (χ4v) is 7.84. The third-order valence-electron chi connectivity index (χ3n) is 9.29. The van der Waals surface area contributed by atoms with Crippen LogP contribution in [0.4, 0.5) is 5.69 Å². The summed E-state index contributed by atoms with van der Waals surface area (Å²) in [6, 6.07) is 3.13. The van der Waals surface area contributed by atoms with Gasteiger partial charge in [-0.1, -0.05) is 0 Å². The number of carbonyl (C=O) groups excluding carboxylic acids is 2. The lowest BCUT2D eigenvalue weighted by Crippen LogP contribution is -2.74. The maximum Gasteiger partial charge on any atom is 0.229 e. The molecule has 0 radical (unpaired) electrons. The fraction of sp³-hybridized carbons (Fsp3) is 0.667. The molecule has 33 heavy (non-hydrogen) atoms. The molecule has 7 rings (SSSR count). The number of carbonyl (C=O) groups is 2. The van der Waals surface area contributed by atoms with Crippen LogP contribution in [0, 0.1) is 5.92 Å². The molecule has 1 aromatic carbocycles. The van der Waals surface area contributed by atoms with Crippen LogP contribution < -0.4 is 14.4 Å². The molecule has 4 bridgehead atoms. The minimum Gasteiger partial charge on any atom is -0.493 e. The van der Waals surface area contributed by atoms with Crippen molar-refractivity contribution in [2.75, 3.05) is 45.9 Å². The van der Waals surface area contributed by atoms with Crippen LogP contribution in [0.15, 0.2) is 12.1 Å². The molecule has 5 heterocycles. The van der Waals surface area contributed by atoms with Gasteiger partial charge in [0.25, 0.3) is 0 Å². The first-order chi connectivity index (χ1) is 15.8. The SMILES string of the molecule is COc1cc2c(cc1OC)[C@@]13CCN(C)C[C@@]45O[C@@H]4CO[C@@H]4CC(=O)N2[C@H]1[C@H]4[C@@]5(O)CC3=O. The van der Waals surface area contributed by atoms with Crippen LogP contribution >= 0.6 is 0 Å². The Morgan fingerprint density at radius 2 is 1.94 bits per heavy atom. The number of hydrogen-bond acceptors (Lipinski definition) is 8. The van der Waals surface area contributed by atoms with E-state index in [9.17, 15) is 14.7 Å². The summed E-state index contributed by atoms with van der Waals surface area (Å²) in [6.07, 6.45) is -0.0271. The molecule has 1 N–H and O–H groups in total. The maximum atomic E-state index is 14.2. The van der Waals surface area contributed by atoms with Crippen molar-refractivity contribution < 1.29 is 33.6 Å². The highest BCUT2D eigenvalue weighted by Gasteiger charge is 2.81. The standard InChI is InChI=1S/C24H28N2O7/c1-25-5-4-22-12-6-14(30-2)15(31-3)7-13(12)26-19(28)8-16-20(21(22)26)23(29,9-17(22)27)24(11-25)18(33-24)10-32-16/h6-7,16,18,20-21,29H,4-5,8-11H2,1-3H3/t16-,18-,20+,21+,22-,23+,24-/m1/s1. The van der Waals surface area contributed by atoms with E-state index >= 15 is 0 Å². The Hall–Kier alpha value is -2.20. The molecule has 0 unspecified atom stereocenters. The Bertz CT molecular complexity index is 1110. The summed E-state index contributed by atoms with van der Waals surface area (Å²) in [4.78, 5) is 31.7. The van der Waals surface area contributed by atoms with Gasteiger partial charge in [0.05, 0.1) is 50.5 Å². The zero-order valence-corrected chi connectivity index (χ0v) is 19.0. The van der Waals surface area contributed by atoms with Gasteiger partial charge in [-0.25, -0.2) is 0 Å². The molecule has 1 saturated carbocycles. The van der Waals surface area contributed by atoms with Crippen molar-refractivity contribution >= 4 is 17.4 Å². The molecule has 4 saturated heterocycles. The monoisotopic (exact) mass is 456 g/mol. The number of benzene rings is 1. The number of likely N-dealkylation sites (N-methyl/N-ethyl adjacent to an activating group) is 1. The zero-order chi connectivity index (χ0) is 22.9. The second-order valence-electron chi connectivity index (χ2n) is 10.5. The number of Topliss-reactive ketones (excluding diaryl/α,β-unsaturated/α-hetero) is 1. The quantitative estimate of drug-likeness (QED) is 0.633. The topological polar surface area (TPSA) is 101 Å². The number of fused-ring (bicyclic) bond motifs is 2. The van der Waals surface area contributed by atoms with Gasteiger partial charge >= 0.3 is 0 Å². The lowest BCUT2D eigenvalue weighted by molar-refractivity contribution is -0.182. The molecule has 1 spiro atoms. The van der Waals surface area contributed by atoms with Gasteiger partial charge in [0.15, 0.2) is 11.5 Å². The van der Waals surface area contributed by atoms with Crippen molar-refractivity contribution in [3.63, 3.8) is 0 Å². The van der Waals surface area contributed by atoms with Crippen molar-refractivity contribution in [2.45, 2.75) is 54.1 Å². The number of anilines is 1. The summed E-state index contributed by atoms with van der Waals surface area (Å²) in [6.45, 7) is 1.50. The zero-order valence-electron chi connectivity index (χ0n) is 19.0. The van der Waals surface area contributed by atoms with Crippen LogP contribution in [0.2, 0.25) is 0 Å². The van der Waals surface area contributed by atoms with Crippen molar-refractivity contribution in [3.8, 4) is 11.5 Å². The Morgan fingerprint density at radius 1 is 1.18 bits per heavy atom. The van der Waals surface area contributed by atoms with E-state index in [1.54, 1.807) is 25.2 Å². The molecule has 1 amide bonds. The van der Waals surface area contributed by atoms with Gasteiger partial charge in [0.2, 0.25) is 5.91 Å². The highest BCUT2D eigenvalue weighted by molar-refractivity contribution is 6.07. The van der Waals surface area contributed by atoms with Crippen molar-refractivity contribution in [1.82, 2.24) is 4.90 Å². The average molecular weight is 456 g/mol. The molecule has 0 aromatic heterocycles. The molecule has 5 fully saturated rings. The summed E-state index contributed by atoms with van der Waals surface area (Å²) < 4.78 is 23.5. The number of nitrogens with zero attached hydrogens (tertiary/aromatic N) is 2. The highest BCUT2D eigenvalue weighted by Crippen LogP contribution is 2.67. The van der Waals surface area contributed by atoms with Crippen molar-refractivity contribution in [1.29, 1.82) is 0 Å². The minimum atomic E-state index is -1.40. The van der Waals surface area contributed by atoms with Crippen LogP contribution in [0.5, 0.6) is 11.5 Å². The lowest BCUT2D eigenvalue weighted by Gasteiger charge is -2.57. The van der Waals surface area contributed by atoms with Crippen LogP contribution in [-0.2, 0) is 24.5 Å². The molecule has 1 aliphatic carbocycles. The van der Waals surface area contributed by atoms with Gasteiger partial charge in [0.1, 0.15) is 23.1 Å². The second-order valence-corrected chi connectivity index (χ2v) is 10.5. The number of piperidine rings is 1. The van der Waals surface area contributed by atoms with Crippen molar-refractivity contribution in [2.24, 2.45) is 5.92 Å².